The van der Waals surface area contributed by atoms with Gasteiger partial charge in [-0.05, 0) is 50.8 Å². The number of ether oxygens (including phenoxy) is 2. The fraction of sp³-hybridized carbons (Fsp3) is 0.600. The molecular weight excluding hydrogens is 240 g/mol. The van der Waals surface area contributed by atoms with Gasteiger partial charge in [-0.2, -0.15) is 0 Å². The highest BCUT2D eigenvalue weighted by Crippen LogP contribution is 2.44. The maximum atomic E-state index is 5.76. The van der Waals surface area contributed by atoms with Gasteiger partial charge in [0.2, 0.25) is 0 Å². The second-order valence-corrected chi connectivity index (χ2v) is 5.46. The predicted molar refractivity (Wildman–Crippen MR) is 75.9 cm³/mol. The lowest BCUT2D eigenvalue weighted by molar-refractivity contribution is -0.0999. The van der Waals surface area contributed by atoms with Crippen molar-refractivity contribution in [1.82, 2.24) is 5.43 Å². The molecule has 4 heteroatoms. The van der Waals surface area contributed by atoms with E-state index >= 15 is 0 Å². The highest BCUT2D eigenvalue weighted by molar-refractivity contribution is 5.33. The zero-order valence-electron chi connectivity index (χ0n) is 12.0. The van der Waals surface area contributed by atoms with Gasteiger partial charge in [0.15, 0.2) is 0 Å². The van der Waals surface area contributed by atoms with Gasteiger partial charge in [-0.1, -0.05) is 12.1 Å². The normalized spacial score (nSPS) is 19.0. The molecule has 106 valence electrons. The van der Waals surface area contributed by atoms with Gasteiger partial charge < -0.3 is 9.47 Å². The lowest BCUT2D eigenvalue weighted by atomic mass is 9.72. The molecule has 1 fully saturated rings. The maximum Gasteiger partial charge on any atom is 0.120 e. The van der Waals surface area contributed by atoms with Gasteiger partial charge in [0, 0.05) is 7.11 Å². The zero-order valence-corrected chi connectivity index (χ0v) is 12.0. The Labute approximate surface area is 115 Å². The van der Waals surface area contributed by atoms with Crippen LogP contribution in [0.3, 0.4) is 0 Å². The van der Waals surface area contributed by atoms with Gasteiger partial charge in [0.25, 0.3) is 0 Å². The molecule has 1 atom stereocenters. The van der Waals surface area contributed by atoms with E-state index in [1.54, 1.807) is 7.11 Å². The summed E-state index contributed by atoms with van der Waals surface area (Å²) < 4.78 is 11.5. The number of rotatable bonds is 6. The number of benzene rings is 1. The highest BCUT2D eigenvalue weighted by atomic mass is 16.5. The van der Waals surface area contributed by atoms with Crippen LogP contribution < -0.4 is 16.0 Å². The molecule has 1 saturated carbocycles. The van der Waals surface area contributed by atoms with Crippen molar-refractivity contribution in [3.05, 3.63) is 29.8 Å². The molecule has 1 aromatic rings. The predicted octanol–water partition coefficient (Wildman–Crippen LogP) is 2.55. The Morgan fingerprint density at radius 2 is 2.05 bits per heavy atom. The number of hydrogen-bond acceptors (Lipinski definition) is 4. The van der Waals surface area contributed by atoms with Gasteiger partial charge in [-0.25, -0.2) is 0 Å². The first-order valence-corrected chi connectivity index (χ1v) is 6.89. The molecule has 0 aromatic heterocycles. The Balaban J connectivity index is 2.23. The second-order valence-electron chi connectivity index (χ2n) is 5.46. The van der Waals surface area contributed by atoms with Crippen LogP contribution >= 0.6 is 0 Å². The minimum atomic E-state index is -0.175. The molecule has 0 heterocycles. The molecule has 0 spiro atoms. The number of hydrogen-bond donors (Lipinski definition) is 2. The van der Waals surface area contributed by atoms with E-state index in [9.17, 15) is 0 Å². The molecule has 0 amide bonds. The Bertz CT molecular complexity index is 411. The molecule has 0 aliphatic heterocycles. The highest BCUT2D eigenvalue weighted by Gasteiger charge is 2.44. The van der Waals surface area contributed by atoms with E-state index in [2.05, 4.69) is 11.5 Å². The average molecular weight is 264 g/mol. The molecule has 0 radical (unpaired) electrons. The van der Waals surface area contributed by atoms with Crippen molar-refractivity contribution >= 4 is 0 Å². The van der Waals surface area contributed by atoms with E-state index < -0.39 is 0 Å². The summed E-state index contributed by atoms with van der Waals surface area (Å²) in [6.45, 7) is 4.04. The minimum Gasteiger partial charge on any atom is -0.491 e. The summed E-state index contributed by atoms with van der Waals surface area (Å²) in [4.78, 5) is 0. The standard InChI is InChI=1S/C15H24N2O2/c1-11(2)19-13-7-4-6-12(10-13)14(17-16)15(18-3)8-5-9-15/h4,6-7,10-11,14,17H,5,8-9,16H2,1-3H3. The van der Waals surface area contributed by atoms with Crippen molar-refractivity contribution in [1.29, 1.82) is 0 Å². The fourth-order valence-corrected chi connectivity index (χ4v) is 2.73. The van der Waals surface area contributed by atoms with Crippen molar-refractivity contribution in [2.75, 3.05) is 7.11 Å². The topological polar surface area (TPSA) is 56.5 Å². The number of nitrogens with one attached hydrogen (secondary N) is 1. The van der Waals surface area contributed by atoms with Gasteiger partial charge in [0.1, 0.15) is 5.75 Å². The van der Waals surface area contributed by atoms with E-state index in [1.807, 2.05) is 32.0 Å². The Morgan fingerprint density at radius 3 is 2.53 bits per heavy atom. The zero-order chi connectivity index (χ0) is 13.9. The Kier molecular flexibility index (Phi) is 4.45. The monoisotopic (exact) mass is 264 g/mol. The molecule has 0 bridgehead atoms. The van der Waals surface area contributed by atoms with E-state index in [4.69, 9.17) is 15.3 Å². The first-order valence-electron chi connectivity index (χ1n) is 6.89. The van der Waals surface area contributed by atoms with E-state index in [0.29, 0.717) is 0 Å². The van der Waals surface area contributed by atoms with Gasteiger partial charge in [-0.3, -0.25) is 11.3 Å². The van der Waals surface area contributed by atoms with E-state index in [0.717, 1.165) is 24.2 Å². The SMILES string of the molecule is COC1(C(NN)c2cccc(OC(C)C)c2)CCC1. The van der Waals surface area contributed by atoms with Crippen LogP contribution in [0.1, 0.15) is 44.7 Å². The van der Waals surface area contributed by atoms with Crippen LogP contribution in [0, 0.1) is 0 Å². The summed E-state index contributed by atoms with van der Waals surface area (Å²) in [5, 5.41) is 0. The average Bonchev–Trinajstić information content (AvgIpc) is 2.33. The molecular formula is C15H24N2O2. The van der Waals surface area contributed by atoms with Crippen molar-refractivity contribution in [2.24, 2.45) is 5.84 Å². The van der Waals surface area contributed by atoms with Crippen LogP contribution in [-0.2, 0) is 4.74 Å². The quantitative estimate of drug-likeness (QED) is 0.612. The van der Waals surface area contributed by atoms with Crippen LogP contribution in [0.25, 0.3) is 0 Å². The van der Waals surface area contributed by atoms with Crippen LogP contribution in [0.2, 0.25) is 0 Å². The van der Waals surface area contributed by atoms with Gasteiger partial charge in [0.05, 0.1) is 17.7 Å². The first-order chi connectivity index (χ1) is 9.11. The number of hydrazine groups is 1. The number of nitrogens with two attached hydrogens (primary N) is 1. The van der Waals surface area contributed by atoms with Crippen molar-refractivity contribution in [3.8, 4) is 5.75 Å². The summed E-state index contributed by atoms with van der Waals surface area (Å²) in [7, 11) is 1.76. The summed E-state index contributed by atoms with van der Waals surface area (Å²) in [6.07, 6.45) is 3.43. The summed E-state index contributed by atoms with van der Waals surface area (Å²) in [5.74, 6) is 6.63. The molecule has 4 nitrogen and oxygen atoms in total. The van der Waals surface area contributed by atoms with Crippen LogP contribution in [-0.4, -0.2) is 18.8 Å². The smallest absolute Gasteiger partial charge is 0.120 e. The molecule has 0 saturated heterocycles. The molecule has 2 rings (SSSR count). The lowest BCUT2D eigenvalue weighted by Gasteiger charge is -2.46. The van der Waals surface area contributed by atoms with Crippen LogP contribution in [0.15, 0.2) is 24.3 Å². The third-order valence-electron chi connectivity index (χ3n) is 3.86. The summed E-state index contributed by atoms with van der Waals surface area (Å²) in [6, 6.07) is 8.08. The van der Waals surface area contributed by atoms with Crippen LogP contribution in [0.4, 0.5) is 0 Å². The minimum absolute atomic E-state index is 0.00182. The Morgan fingerprint density at radius 1 is 1.32 bits per heavy atom. The third kappa shape index (κ3) is 2.91. The van der Waals surface area contributed by atoms with Crippen molar-refractivity contribution < 1.29 is 9.47 Å². The summed E-state index contributed by atoms with van der Waals surface area (Å²) in [5.41, 5.74) is 3.85. The van der Waals surface area contributed by atoms with Gasteiger partial charge in [-0.15, -0.1) is 0 Å². The van der Waals surface area contributed by atoms with E-state index in [-0.39, 0.29) is 17.7 Å². The van der Waals surface area contributed by atoms with Crippen molar-refractivity contribution in [2.45, 2.75) is 50.9 Å². The molecule has 1 aromatic carbocycles. The first kappa shape index (κ1) is 14.3. The number of methoxy groups -OCH3 is 1. The van der Waals surface area contributed by atoms with Gasteiger partial charge >= 0.3 is 0 Å². The molecule has 1 aliphatic rings. The molecule has 19 heavy (non-hydrogen) atoms. The van der Waals surface area contributed by atoms with E-state index in [1.165, 1.54) is 6.42 Å². The summed E-state index contributed by atoms with van der Waals surface area (Å²) >= 11 is 0. The molecule has 1 unspecified atom stereocenters. The Hall–Kier alpha value is -1.10. The largest absolute Gasteiger partial charge is 0.491 e. The maximum absolute atomic E-state index is 5.76. The molecule has 1 aliphatic carbocycles. The van der Waals surface area contributed by atoms with Crippen molar-refractivity contribution in [3.63, 3.8) is 0 Å². The molecule has 3 N–H and O–H groups in total. The third-order valence-corrected chi connectivity index (χ3v) is 3.86. The second kappa shape index (κ2) is 5.90. The fourth-order valence-electron chi connectivity index (χ4n) is 2.73. The van der Waals surface area contributed by atoms with Crippen LogP contribution in [0.5, 0.6) is 5.75 Å². The lowest BCUT2D eigenvalue weighted by Crippen LogP contribution is -2.52.